The molecule has 0 aliphatic carbocycles. The van der Waals surface area contributed by atoms with Crippen LogP contribution >= 0.6 is 22.6 Å². The fourth-order valence-electron chi connectivity index (χ4n) is 2.09. The van der Waals surface area contributed by atoms with Gasteiger partial charge in [0.05, 0.1) is 12.6 Å². The van der Waals surface area contributed by atoms with Gasteiger partial charge in [-0.15, -0.1) is 0 Å². The van der Waals surface area contributed by atoms with E-state index < -0.39 is 0 Å². The molecule has 0 fully saturated rings. The predicted octanol–water partition coefficient (Wildman–Crippen LogP) is 3.68. The predicted molar refractivity (Wildman–Crippen MR) is 87.0 cm³/mol. The smallest absolute Gasteiger partial charge is 0.0626 e. The van der Waals surface area contributed by atoms with Crippen LogP contribution in [-0.2, 0) is 0 Å². The van der Waals surface area contributed by atoms with E-state index in [0.717, 1.165) is 5.56 Å². The third-order valence-corrected chi connectivity index (χ3v) is 3.92. The van der Waals surface area contributed by atoms with Crippen LogP contribution in [0.15, 0.2) is 54.6 Å². The van der Waals surface area contributed by atoms with Gasteiger partial charge in [-0.05, 0) is 52.8 Å². The van der Waals surface area contributed by atoms with Gasteiger partial charge in [0.1, 0.15) is 0 Å². The first-order chi connectivity index (χ1) is 9.20. The first-order valence-electron chi connectivity index (χ1n) is 6.38. The van der Waals surface area contributed by atoms with Crippen molar-refractivity contribution in [2.24, 2.45) is 0 Å². The van der Waals surface area contributed by atoms with Crippen LogP contribution in [0.2, 0.25) is 0 Å². The second kappa shape index (κ2) is 7.03. The number of aliphatic hydroxyl groups excluding tert-OH is 1. The van der Waals surface area contributed by atoms with Crippen molar-refractivity contribution in [3.63, 3.8) is 0 Å². The molecule has 0 amide bonds. The summed E-state index contributed by atoms with van der Waals surface area (Å²) in [4.78, 5) is 0. The Morgan fingerprint density at radius 2 is 1.63 bits per heavy atom. The molecule has 0 aliphatic heterocycles. The maximum Gasteiger partial charge on any atom is 0.0626 e. The summed E-state index contributed by atoms with van der Waals surface area (Å²) < 4.78 is 1.23. The van der Waals surface area contributed by atoms with E-state index in [0.29, 0.717) is 0 Å². The highest BCUT2D eigenvalue weighted by molar-refractivity contribution is 14.1. The number of halogens is 1. The van der Waals surface area contributed by atoms with Gasteiger partial charge in [0, 0.05) is 9.61 Å². The second-order valence-corrected chi connectivity index (χ2v) is 5.83. The number of aliphatic hydroxyl groups is 1. The molecule has 0 saturated heterocycles. The maximum atomic E-state index is 9.56. The van der Waals surface area contributed by atoms with Gasteiger partial charge in [-0.25, -0.2) is 0 Å². The number of hydrogen-bond acceptors (Lipinski definition) is 2. The third-order valence-electron chi connectivity index (χ3n) is 3.21. The lowest BCUT2D eigenvalue weighted by atomic mass is 10.0. The van der Waals surface area contributed by atoms with Crippen LogP contribution < -0.4 is 5.32 Å². The highest BCUT2D eigenvalue weighted by atomic mass is 127. The summed E-state index contributed by atoms with van der Waals surface area (Å²) in [7, 11) is 0. The van der Waals surface area contributed by atoms with Gasteiger partial charge < -0.3 is 10.4 Å². The molecule has 2 N–H and O–H groups in total. The van der Waals surface area contributed by atoms with Gasteiger partial charge >= 0.3 is 0 Å². The highest BCUT2D eigenvalue weighted by Gasteiger charge is 2.14. The molecule has 2 aromatic rings. The van der Waals surface area contributed by atoms with Crippen LogP contribution in [0.4, 0.5) is 0 Å². The van der Waals surface area contributed by atoms with Crippen LogP contribution in [0, 0.1) is 3.57 Å². The van der Waals surface area contributed by atoms with Crippen LogP contribution in [0.3, 0.4) is 0 Å². The standard InChI is InChI=1S/C16H18INO/c1-12(13-7-9-15(17)10-8-13)18-16(11-19)14-5-3-2-4-6-14/h2-10,12,16,18-19H,11H2,1H3. The fraction of sp³-hybridized carbons (Fsp3) is 0.250. The molecule has 2 atom stereocenters. The summed E-state index contributed by atoms with van der Waals surface area (Å²) in [6, 6.07) is 18.7. The first kappa shape index (κ1) is 14.5. The van der Waals surface area contributed by atoms with E-state index in [9.17, 15) is 5.11 Å². The minimum Gasteiger partial charge on any atom is -0.394 e. The molecule has 0 radical (unpaired) electrons. The van der Waals surface area contributed by atoms with Gasteiger partial charge in [-0.1, -0.05) is 42.5 Å². The summed E-state index contributed by atoms with van der Waals surface area (Å²) in [5.74, 6) is 0. The molecule has 2 unspecified atom stereocenters. The Labute approximate surface area is 128 Å². The quantitative estimate of drug-likeness (QED) is 0.791. The molecule has 0 saturated carbocycles. The zero-order valence-corrected chi connectivity index (χ0v) is 13.0. The molecule has 0 heterocycles. The molecular formula is C16H18INO. The van der Waals surface area contributed by atoms with E-state index >= 15 is 0 Å². The van der Waals surface area contributed by atoms with E-state index in [2.05, 4.69) is 59.1 Å². The SMILES string of the molecule is CC(NC(CO)c1ccccc1)c1ccc(I)cc1. The topological polar surface area (TPSA) is 32.3 Å². The van der Waals surface area contributed by atoms with Gasteiger partial charge in [0.15, 0.2) is 0 Å². The van der Waals surface area contributed by atoms with Crippen molar-refractivity contribution in [2.45, 2.75) is 19.0 Å². The largest absolute Gasteiger partial charge is 0.394 e. The van der Waals surface area contributed by atoms with E-state index in [4.69, 9.17) is 0 Å². The van der Waals surface area contributed by atoms with Crippen molar-refractivity contribution in [3.05, 3.63) is 69.3 Å². The fourth-order valence-corrected chi connectivity index (χ4v) is 2.45. The van der Waals surface area contributed by atoms with Gasteiger partial charge in [0.25, 0.3) is 0 Å². The summed E-state index contributed by atoms with van der Waals surface area (Å²) in [6.07, 6.45) is 0. The maximum absolute atomic E-state index is 9.56. The number of nitrogens with one attached hydrogen (secondary N) is 1. The molecule has 100 valence electrons. The molecular weight excluding hydrogens is 349 g/mol. The second-order valence-electron chi connectivity index (χ2n) is 4.59. The Morgan fingerprint density at radius 1 is 1.00 bits per heavy atom. The van der Waals surface area contributed by atoms with E-state index in [1.165, 1.54) is 9.13 Å². The summed E-state index contributed by atoms with van der Waals surface area (Å²) >= 11 is 2.30. The number of hydrogen-bond donors (Lipinski definition) is 2. The summed E-state index contributed by atoms with van der Waals surface area (Å²) in [5, 5.41) is 13.0. The Morgan fingerprint density at radius 3 is 2.21 bits per heavy atom. The lowest BCUT2D eigenvalue weighted by molar-refractivity contribution is 0.235. The average molecular weight is 367 g/mol. The number of rotatable bonds is 5. The zero-order chi connectivity index (χ0) is 13.7. The van der Waals surface area contributed by atoms with Crippen molar-refractivity contribution in [3.8, 4) is 0 Å². The van der Waals surface area contributed by atoms with Crippen LogP contribution in [0.1, 0.15) is 30.1 Å². The van der Waals surface area contributed by atoms with E-state index in [1.807, 2.05) is 30.3 Å². The third kappa shape index (κ3) is 4.03. The molecule has 2 nitrogen and oxygen atoms in total. The lowest BCUT2D eigenvalue weighted by Gasteiger charge is -2.22. The Balaban J connectivity index is 2.08. The number of benzene rings is 2. The normalized spacial score (nSPS) is 14.1. The summed E-state index contributed by atoms with van der Waals surface area (Å²) in [5.41, 5.74) is 2.34. The Hall–Kier alpha value is -0.910. The zero-order valence-electron chi connectivity index (χ0n) is 10.9. The summed E-state index contributed by atoms with van der Waals surface area (Å²) in [6.45, 7) is 2.21. The van der Waals surface area contributed by atoms with Crippen molar-refractivity contribution in [2.75, 3.05) is 6.61 Å². The van der Waals surface area contributed by atoms with Crippen LogP contribution in [0.25, 0.3) is 0 Å². The van der Waals surface area contributed by atoms with Crippen molar-refractivity contribution >= 4 is 22.6 Å². The van der Waals surface area contributed by atoms with Gasteiger partial charge in [-0.2, -0.15) is 0 Å². The first-order valence-corrected chi connectivity index (χ1v) is 7.46. The highest BCUT2D eigenvalue weighted by Crippen LogP contribution is 2.20. The molecule has 2 aromatic carbocycles. The molecule has 0 bridgehead atoms. The van der Waals surface area contributed by atoms with Crippen molar-refractivity contribution in [1.29, 1.82) is 0 Å². The molecule has 19 heavy (non-hydrogen) atoms. The van der Waals surface area contributed by atoms with Crippen LogP contribution in [-0.4, -0.2) is 11.7 Å². The monoisotopic (exact) mass is 367 g/mol. The molecule has 0 aliphatic rings. The van der Waals surface area contributed by atoms with Crippen molar-refractivity contribution in [1.82, 2.24) is 5.32 Å². The van der Waals surface area contributed by atoms with Gasteiger partial charge in [0.2, 0.25) is 0 Å². The van der Waals surface area contributed by atoms with E-state index in [-0.39, 0.29) is 18.7 Å². The van der Waals surface area contributed by atoms with Gasteiger partial charge in [-0.3, -0.25) is 0 Å². The average Bonchev–Trinajstić information content (AvgIpc) is 2.46. The molecule has 0 spiro atoms. The lowest BCUT2D eigenvalue weighted by Crippen LogP contribution is -2.27. The minimum absolute atomic E-state index is 0.0320. The molecule has 3 heteroatoms. The minimum atomic E-state index is -0.0320. The van der Waals surface area contributed by atoms with Crippen LogP contribution in [0.5, 0.6) is 0 Å². The Kier molecular flexibility index (Phi) is 5.36. The van der Waals surface area contributed by atoms with Crippen molar-refractivity contribution < 1.29 is 5.11 Å². The molecule has 0 aromatic heterocycles. The Bertz CT molecular complexity index is 498. The van der Waals surface area contributed by atoms with E-state index in [1.54, 1.807) is 0 Å². The molecule has 2 rings (SSSR count).